The van der Waals surface area contributed by atoms with Crippen molar-refractivity contribution in [3.8, 4) is 5.75 Å². The van der Waals surface area contributed by atoms with Crippen LogP contribution in [0.4, 0.5) is 11.4 Å². The van der Waals surface area contributed by atoms with Gasteiger partial charge in [-0.1, -0.05) is 39.3 Å². The summed E-state index contributed by atoms with van der Waals surface area (Å²) in [6.07, 6.45) is 5.40. The number of carbonyl (C=O) groups excluding carboxylic acids is 2. The van der Waals surface area contributed by atoms with Crippen molar-refractivity contribution >= 4 is 44.7 Å². The molecular weight excluding hydrogens is 570 g/mol. The zero-order chi connectivity index (χ0) is 30.9. The quantitative estimate of drug-likeness (QED) is 0.158. The van der Waals surface area contributed by atoms with Crippen molar-refractivity contribution in [2.75, 3.05) is 55.9 Å². The van der Waals surface area contributed by atoms with Crippen LogP contribution in [0.15, 0.2) is 47.8 Å². The molecule has 1 amide bonds. The number of unbranched alkanes of at least 4 members (excludes halogenated alkanes) is 1. The third kappa shape index (κ3) is 6.34. The minimum absolute atomic E-state index is 0.0226. The van der Waals surface area contributed by atoms with Crippen LogP contribution in [0.5, 0.6) is 5.75 Å². The standard InChI is InChI=1S/C36H47N3O4S/c1-5-9-26-23-36(26,4)34(41)43-25-39-31-22-27(12-13-29(31)35(2,3)24-33(39)40)42-20-7-6-15-37-16-18-38(19-17-37)30-10-8-11-32-28(30)14-21-44-32/h8,10-14,21-22,26H,5-7,9,15-20,23-25H2,1-4H3. The van der Waals surface area contributed by atoms with Gasteiger partial charge in [-0.15, -0.1) is 11.3 Å². The average molecular weight is 618 g/mol. The number of esters is 1. The van der Waals surface area contributed by atoms with Gasteiger partial charge in [-0.25, -0.2) is 0 Å². The number of thiophene rings is 1. The Kier molecular flexibility index (Phi) is 8.93. The fourth-order valence-electron chi connectivity index (χ4n) is 7.10. The summed E-state index contributed by atoms with van der Waals surface area (Å²) >= 11 is 1.81. The molecule has 1 aromatic heterocycles. The van der Waals surface area contributed by atoms with Gasteiger partial charge >= 0.3 is 5.97 Å². The minimum Gasteiger partial charge on any atom is -0.494 e. The summed E-state index contributed by atoms with van der Waals surface area (Å²) in [4.78, 5) is 32.8. The maximum absolute atomic E-state index is 13.2. The summed E-state index contributed by atoms with van der Waals surface area (Å²) in [6.45, 7) is 14.2. The highest BCUT2D eigenvalue weighted by Gasteiger charge is 2.56. The molecule has 3 aliphatic rings. The SMILES string of the molecule is CCCC1CC1(C)C(=O)OCN1C(=O)CC(C)(C)c2ccc(OCCCCN3CCN(c4cccc5sccc45)CC3)cc21. The number of amides is 1. The maximum Gasteiger partial charge on any atom is 0.313 e. The number of benzene rings is 2. The monoisotopic (exact) mass is 617 g/mol. The Labute approximate surface area is 266 Å². The van der Waals surface area contributed by atoms with Crippen LogP contribution in [0.2, 0.25) is 0 Å². The predicted molar refractivity (Wildman–Crippen MR) is 179 cm³/mol. The van der Waals surface area contributed by atoms with Crippen molar-refractivity contribution in [3.05, 3.63) is 53.4 Å². The summed E-state index contributed by atoms with van der Waals surface area (Å²) in [6, 6.07) is 14.9. The van der Waals surface area contributed by atoms with Crippen LogP contribution in [-0.4, -0.2) is 62.8 Å². The first-order valence-corrected chi connectivity index (χ1v) is 17.3. The molecular formula is C36H47N3O4S. The Balaban J connectivity index is 0.984. The topological polar surface area (TPSA) is 62.3 Å². The molecule has 1 saturated heterocycles. The van der Waals surface area contributed by atoms with Gasteiger partial charge < -0.3 is 14.4 Å². The van der Waals surface area contributed by atoms with Gasteiger partial charge in [0.1, 0.15) is 5.75 Å². The molecule has 1 saturated carbocycles. The number of fused-ring (bicyclic) bond motifs is 2. The highest BCUT2D eigenvalue weighted by atomic mass is 32.1. The zero-order valence-electron chi connectivity index (χ0n) is 26.8. The number of carbonyl (C=O) groups is 2. The van der Waals surface area contributed by atoms with E-state index >= 15 is 0 Å². The highest BCUT2D eigenvalue weighted by Crippen LogP contribution is 2.55. The number of piperazine rings is 1. The fourth-order valence-corrected chi connectivity index (χ4v) is 7.90. The smallest absolute Gasteiger partial charge is 0.313 e. The highest BCUT2D eigenvalue weighted by molar-refractivity contribution is 7.17. The van der Waals surface area contributed by atoms with Crippen LogP contribution in [0.1, 0.15) is 71.8 Å². The van der Waals surface area contributed by atoms with Crippen molar-refractivity contribution < 1.29 is 19.1 Å². The first-order valence-electron chi connectivity index (χ1n) is 16.4. The molecule has 2 atom stereocenters. The van der Waals surface area contributed by atoms with E-state index in [-0.39, 0.29) is 24.0 Å². The van der Waals surface area contributed by atoms with E-state index in [0.29, 0.717) is 18.9 Å². The fraction of sp³-hybridized carbons (Fsp3) is 0.556. The van der Waals surface area contributed by atoms with Gasteiger partial charge in [0.2, 0.25) is 5.91 Å². The first-order chi connectivity index (χ1) is 21.2. The van der Waals surface area contributed by atoms with Gasteiger partial charge in [-0.3, -0.25) is 19.4 Å². The molecule has 3 aromatic rings. The molecule has 1 aliphatic carbocycles. The van der Waals surface area contributed by atoms with Gasteiger partial charge in [-0.2, -0.15) is 0 Å². The third-order valence-electron chi connectivity index (χ3n) is 10.0. The second kappa shape index (κ2) is 12.7. The lowest BCUT2D eigenvalue weighted by Gasteiger charge is -2.38. The number of nitrogens with zero attached hydrogens (tertiary/aromatic N) is 3. The van der Waals surface area contributed by atoms with Crippen molar-refractivity contribution in [2.24, 2.45) is 11.3 Å². The van der Waals surface area contributed by atoms with Crippen molar-refractivity contribution in [1.82, 2.24) is 4.90 Å². The number of hydrogen-bond donors (Lipinski definition) is 0. The summed E-state index contributed by atoms with van der Waals surface area (Å²) in [5.41, 5.74) is 2.53. The van der Waals surface area contributed by atoms with Gasteiger partial charge in [-0.05, 0) is 80.3 Å². The molecule has 2 aliphatic heterocycles. The van der Waals surface area contributed by atoms with E-state index in [1.54, 1.807) is 4.90 Å². The molecule has 6 rings (SSSR count). The number of hydrogen-bond acceptors (Lipinski definition) is 7. The third-order valence-corrected chi connectivity index (χ3v) is 10.9. The molecule has 0 N–H and O–H groups in total. The zero-order valence-corrected chi connectivity index (χ0v) is 27.6. The molecule has 0 radical (unpaired) electrons. The van der Waals surface area contributed by atoms with Crippen LogP contribution >= 0.6 is 11.3 Å². The Bertz CT molecular complexity index is 1490. The van der Waals surface area contributed by atoms with Gasteiger partial charge in [0, 0.05) is 59.9 Å². The summed E-state index contributed by atoms with van der Waals surface area (Å²) in [5, 5.41) is 3.55. The van der Waals surface area contributed by atoms with Crippen LogP contribution in [0.25, 0.3) is 10.1 Å². The summed E-state index contributed by atoms with van der Waals surface area (Å²) in [5.74, 6) is 0.924. The first kappa shape index (κ1) is 30.9. The predicted octanol–water partition coefficient (Wildman–Crippen LogP) is 7.22. The van der Waals surface area contributed by atoms with E-state index in [4.69, 9.17) is 9.47 Å². The lowest BCUT2D eigenvalue weighted by atomic mass is 9.77. The Morgan fingerprint density at radius 1 is 1.02 bits per heavy atom. The second-order valence-corrected chi connectivity index (χ2v) is 14.7. The van der Waals surface area contributed by atoms with Crippen molar-refractivity contribution in [3.63, 3.8) is 0 Å². The van der Waals surface area contributed by atoms with Gasteiger partial charge in [0.15, 0.2) is 6.73 Å². The van der Waals surface area contributed by atoms with E-state index in [9.17, 15) is 9.59 Å². The Hall–Kier alpha value is -3.10. The van der Waals surface area contributed by atoms with Crippen LogP contribution < -0.4 is 14.5 Å². The largest absolute Gasteiger partial charge is 0.494 e. The summed E-state index contributed by atoms with van der Waals surface area (Å²) in [7, 11) is 0. The molecule has 0 bridgehead atoms. The molecule has 7 nitrogen and oxygen atoms in total. The number of ether oxygens (including phenoxy) is 2. The van der Waals surface area contributed by atoms with Crippen molar-refractivity contribution in [1.29, 1.82) is 0 Å². The molecule has 2 unspecified atom stereocenters. The maximum atomic E-state index is 13.2. The molecule has 2 fully saturated rings. The molecule has 44 heavy (non-hydrogen) atoms. The molecule has 8 heteroatoms. The molecule has 0 spiro atoms. The van der Waals surface area contributed by atoms with Gasteiger partial charge in [0.05, 0.1) is 17.7 Å². The molecule has 2 aromatic carbocycles. The normalized spacial score (nSPS) is 23.1. The molecule has 236 valence electrons. The minimum atomic E-state index is -0.409. The average Bonchev–Trinajstić information content (AvgIpc) is 3.42. The number of anilines is 2. The van der Waals surface area contributed by atoms with Gasteiger partial charge in [0.25, 0.3) is 0 Å². The van der Waals surface area contributed by atoms with E-state index < -0.39 is 5.41 Å². The van der Waals surface area contributed by atoms with E-state index in [2.05, 4.69) is 66.3 Å². The Morgan fingerprint density at radius 2 is 1.84 bits per heavy atom. The Morgan fingerprint density at radius 3 is 2.64 bits per heavy atom. The van der Waals surface area contributed by atoms with Crippen LogP contribution in [-0.2, 0) is 19.7 Å². The summed E-state index contributed by atoms with van der Waals surface area (Å²) < 4.78 is 13.3. The van der Waals surface area contributed by atoms with Crippen LogP contribution in [0.3, 0.4) is 0 Å². The van der Waals surface area contributed by atoms with Crippen molar-refractivity contribution in [2.45, 2.75) is 71.6 Å². The van der Waals surface area contributed by atoms with Crippen LogP contribution in [0, 0.1) is 11.3 Å². The van der Waals surface area contributed by atoms with E-state index in [1.807, 2.05) is 30.4 Å². The lowest BCUT2D eigenvalue weighted by Crippen LogP contribution is -2.46. The lowest BCUT2D eigenvalue weighted by molar-refractivity contribution is -0.150. The molecule has 3 heterocycles. The second-order valence-electron chi connectivity index (χ2n) is 13.7. The number of rotatable bonds is 12. The van der Waals surface area contributed by atoms with E-state index in [1.165, 1.54) is 15.8 Å². The van der Waals surface area contributed by atoms with E-state index in [0.717, 1.165) is 81.8 Å².